The fraction of sp³-hybridized carbons (Fsp3) is 0.562. The molecule has 3 rings (SSSR count). The van der Waals surface area contributed by atoms with E-state index in [9.17, 15) is 13.2 Å². The van der Waals surface area contributed by atoms with Gasteiger partial charge in [-0.3, -0.25) is 4.79 Å². The number of carbonyl (C=O) groups is 1. The SMILES string of the molecule is COc1ccc(C(=O)N2CCNC(C)C2)cc1S(=O)(=O)NC1CC1. The maximum Gasteiger partial charge on any atom is 0.253 e. The van der Waals surface area contributed by atoms with E-state index in [-0.39, 0.29) is 28.6 Å². The largest absolute Gasteiger partial charge is 0.495 e. The van der Waals surface area contributed by atoms with Crippen LogP contribution in [0.25, 0.3) is 0 Å². The van der Waals surface area contributed by atoms with Crippen LogP contribution >= 0.6 is 0 Å². The van der Waals surface area contributed by atoms with Gasteiger partial charge in [-0.2, -0.15) is 0 Å². The topological polar surface area (TPSA) is 87.7 Å². The predicted molar refractivity (Wildman–Crippen MR) is 89.7 cm³/mol. The molecule has 1 unspecified atom stereocenters. The zero-order valence-electron chi connectivity index (χ0n) is 13.9. The van der Waals surface area contributed by atoms with Crippen LogP contribution < -0.4 is 14.8 Å². The first-order valence-electron chi connectivity index (χ1n) is 8.14. The number of hydrogen-bond donors (Lipinski definition) is 2. The number of sulfonamides is 1. The highest BCUT2D eigenvalue weighted by Crippen LogP contribution is 2.28. The van der Waals surface area contributed by atoms with Crippen LogP contribution in [0, 0.1) is 0 Å². The van der Waals surface area contributed by atoms with Crippen LogP contribution in [0.3, 0.4) is 0 Å². The molecule has 2 aliphatic rings. The molecule has 132 valence electrons. The van der Waals surface area contributed by atoms with Crippen LogP contribution in [0.15, 0.2) is 23.1 Å². The van der Waals surface area contributed by atoms with Crippen LogP contribution in [0.2, 0.25) is 0 Å². The molecule has 1 aromatic rings. The van der Waals surface area contributed by atoms with Crippen molar-refractivity contribution in [3.05, 3.63) is 23.8 Å². The minimum absolute atomic E-state index is 0.00641. The molecule has 1 aliphatic heterocycles. The molecule has 0 aromatic heterocycles. The van der Waals surface area contributed by atoms with E-state index in [4.69, 9.17) is 4.74 Å². The Morgan fingerprint density at radius 1 is 1.38 bits per heavy atom. The number of hydrogen-bond acceptors (Lipinski definition) is 5. The van der Waals surface area contributed by atoms with Crippen molar-refractivity contribution in [3.63, 3.8) is 0 Å². The predicted octanol–water partition coefficient (Wildman–Crippen LogP) is 0.570. The molecule has 1 aromatic carbocycles. The number of piperazine rings is 1. The number of ether oxygens (including phenoxy) is 1. The Hall–Kier alpha value is -1.64. The zero-order valence-corrected chi connectivity index (χ0v) is 14.7. The van der Waals surface area contributed by atoms with Gasteiger partial charge < -0.3 is 15.0 Å². The smallest absolute Gasteiger partial charge is 0.253 e. The van der Waals surface area contributed by atoms with E-state index < -0.39 is 10.0 Å². The second kappa shape index (κ2) is 6.70. The molecule has 7 nitrogen and oxygen atoms in total. The summed E-state index contributed by atoms with van der Waals surface area (Å²) in [5.41, 5.74) is 0.362. The maximum absolute atomic E-state index is 12.7. The third kappa shape index (κ3) is 3.71. The summed E-state index contributed by atoms with van der Waals surface area (Å²) >= 11 is 0. The average molecular weight is 353 g/mol. The van der Waals surface area contributed by atoms with E-state index in [1.807, 2.05) is 6.92 Å². The number of nitrogens with one attached hydrogen (secondary N) is 2. The van der Waals surface area contributed by atoms with Gasteiger partial charge in [0.1, 0.15) is 10.6 Å². The van der Waals surface area contributed by atoms with E-state index in [0.29, 0.717) is 18.7 Å². The van der Waals surface area contributed by atoms with Crippen molar-refractivity contribution in [2.24, 2.45) is 0 Å². The van der Waals surface area contributed by atoms with Gasteiger partial charge in [0, 0.05) is 37.3 Å². The Labute approximate surface area is 142 Å². The fourth-order valence-corrected chi connectivity index (χ4v) is 4.30. The van der Waals surface area contributed by atoms with Crippen LogP contribution in [-0.4, -0.2) is 58.1 Å². The second-order valence-corrected chi connectivity index (χ2v) is 8.05. The summed E-state index contributed by atoms with van der Waals surface area (Å²) in [7, 11) is -2.27. The quantitative estimate of drug-likeness (QED) is 0.808. The number of benzene rings is 1. The first-order chi connectivity index (χ1) is 11.4. The van der Waals surface area contributed by atoms with Gasteiger partial charge in [-0.05, 0) is 38.0 Å². The molecule has 1 saturated carbocycles. The highest BCUT2D eigenvalue weighted by Gasteiger charge is 2.31. The summed E-state index contributed by atoms with van der Waals surface area (Å²) in [5.74, 6) is 0.0854. The Balaban J connectivity index is 1.89. The molecule has 2 N–H and O–H groups in total. The summed E-state index contributed by atoms with van der Waals surface area (Å²) in [6, 6.07) is 4.79. The van der Waals surface area contributed by atoms with Crippen molar-refractivity contribution in [1.82, 2.24) is 14.9 Å². The number of nitrogens with zero attached hydrogens (tertiary/aromatic N) is 1. The molecular weight excluding hydrogens is 330 g/mol. The van der Waals surface area contributed by atoms with Gasteiger partial charge in [-0.15, -0.1) is 0 Å². The van der Waals surface area contributed by atoms with Gasteiger partial charge in [0.15, 0.2) is 0 Å². The van der Waals surface area contributed by atoms with E-state index >= 15 is 0 Å². The van der Waals surface area contributed by atoms with Crippen molar-refractivity contribution in [3.8, 4) is 5.75 Å². The Kier molecular flexibility index (Phi) is 4.80. The summed E-state index contributed by atoms with van der Waals surface area (Å²) in [6.07, 6.45) is 1.69. The van der Waals surface area contributed by atoms with Gasteiger partial charge in [0.25, 0.3) is 5.91 Å². The Bertz CT molecular complexity index is 731. The highest BCUT2D eigenvalue weighted by molar-refractivity contribution is 7.89. The number of carbonyl (C=O) groups excluding carboxylic acids is 1. The van der Waals surface area contributed by atoms with Crippen molar-refractivity contribution in [1.29, 1.82) is 0 Å². The van der Waals surface area contributed by atoms with Crippen LogP contribution in [-0.2, 0) is 10.0 Å². The number of methoxy groups -OCH3 is 1. The third-order valence-electron chi connectivity index (χ3n) is 4.26. The van der Waals surface area contributed by atoms with Crippen molar-refractivity contribution in [2.45, 2.75) is 36.7 Å². The average Bonchev–Trinajstić information content (AvgIpc) is 3.37. The lowest BCUT2D eigenvalue weighted by Crippen LogP contribution is -2.51. The summed E-state index contributed by atoms with van der Waals surface area (Å²) in [4.78, 5) is 14.5. The lowest BCUT2D eigenvalue weighted by atomic mass is 10.1. The molecule has 8 heteroatoms. The van der Waals surface area contributed by atoms with E-state index in [0.717, 1.165) is 19.4 Å². The molecule has 0 bridgehead atoms. The molecule has 1 atom stereocenters. The molecule has 1 amide bonds. The number of amides is 1. The first-order valence-corrected chi connectivity index (χ1v) is 9.62. The fourth-order valence-electron chi connectivity index (χ4n) is 2.80. The summed E-state index contributed by atoms with van der Waals surface area (Å²) in [5, 5.41) is 3.28. The third-order valence-corrected chi connectivity index (χ3v) is 5.80. The summed E-state index contributed by atoms with van der Waals surface area (Å²) < 4.78 is 32.9. The molecular formula is C16H23N3O4S. The van der Waals surface area contributed by atoms with Gasteiger partial charge in [0.2, 0.25) is 10.0 Å². The van der Waals surface area contributed by atoms with Crippen LogP contribution in [0.1, 0.15) is 30.1 Å². The molecule has 1 heterocycles. The molecule has 0 spiro atoms. The highest BCUT2D eigenvalue weighted by atomic mass is 32.2. The standard InChI is InChI=1S/C16H23N3O4S/c1-11-10-19(8-7-17-11)16(20)12-3-6-14(23-2)15(9-12)24(21,22)18-13-4-5-13/h3,6,9,11,13,17-18H,4-5,7-8,10H2,1-2H3. The van der Waals surface area contributed by atoms with Gasteiger partial charge >= 0.3 is 0 Å². The zero-order chi connectivity index (χ0) is 17.3. The molecule has 2 fully saturated rings. The van der Waals surface area contributed by atoms with Crippen LogP contribution in [0.4, 0.5) is 0 Å². The molecule has 1 aliphatic carbocycles. The molecule has 0 radical (unpaired) electrons. The monoisotopic (exact) mass is 353 g/mol. The first kappa shape index (κ1) is 17.2. The van der Waals surface area contributed by atoms with Gasteiger partial charge in [-0.1, -0.05) is 0 Å². The van der Waals surface area contributed by atoms with E-state index in [2.05, 4.69) is 10.0 Å². The van der Waals surface area contributed by atoms with Gasteiger partial charge in [-0.25, -0.2) is 13.1 Å². The molecule has 1 saturated heterocycles. The lowest BCUT2D eigenvalue weighted by molar-refractivity contribution is 0.0709. The Morgan fingerprint density at radius 3 is 2.75 bits per heavy atom. The normalized spacial score (nSPS) is 21.6. The van der Waals surface area contributed by atoms with Crippen molar-refractivity contribution >= 4 is 15.9 Å². The number of rotatable bonds is 5. The minimum Gasteiger partial charge on any atom is -0.495 e. The maximum atomic E-state index is 12.7. The van der Waals surface area contributed by atoms with Crippen molar-refractivity contribution < 1.29 is 17.9 Å². The second-order valence-electron chi connectivity index (χ2n) is 6.37. The van der Waals surface area contributed by atoms with Crippen LogP contribution in [0.5, 0.6) is 5.75 Å². The molecule has 24 heavy (non-hydrogen) atoms. The Morgan fingerprint density at radius 2 is 2.12 bits per heavy atom. The van der Waals surface area contributed by atoms with E-state index in [1.54, 1.807) is 17.0 Å². The van der Waals surface area contributed by atoms with E-state index in [1.165, 1.54) is 13.2 Å². The van der Waals surface area contributed by atoms with Crippen molar-refractivity contribution in [2.75, 3.05) is 26.7 Å². The summed E-state index contributed by atoms with van der Waals surface area (Å²) in [6.45, 7) is 3.96. The minimum atomic E-state index is -3.70. The lowest BCUT2D eigenvalue weighted by Gasteiger charge is -2.32. The van der Waals surface area contributed by atoms with Gasteiger partial charge in [0.05, 0.1) is 7.11 Å².